The van der Waals surface area contributed by atoms with Crippen LogP contribution in [0.4, 0.5) is 0 Å². The second-order valence-electron chi connectivity index (χ2n) is 9.95. The summed E-state index contributed by atoms with van der Waals surface area (Å²) in [6.07, 6.45) is 3.19. The normalized spacial score (nSPS) is 17.4. The van der Waals surface area contributed by atoms with Gasteiger partial charge in [0.15, 0.2) is 11.5 Å². The molecular weight excluding hydrogens is 506 g/mol. The van der Waals surface area contributed by atoms with Crippen LogP contribution in [0.2, 0.25) is 0 Å². The van der Waals surface area contributed by atoms with Crippen LogP contribution in [0.15, 0.2) is 94.6 Å². The van der Waals surface area contributed by atoms with E-state index in [1.54, 1.807) is 0 Å². The summed E-state index contributed by atoms with van der Waals surface area (Å²) in [4.78, 5) is 0. The summed E-state index contributed by atoms with van der Waals surface area (Å²) in [5.41, 5.74) is 4.91. The molecule has 1 N–H and O–H groups in total. The second kappa shape index (κ2) is 10.8. The fraction of sp³-hybridized carbons (Fsp3) is 0.250. The molecule has 7 heteroatoms. The lowest BCUT2D eigenvalue weighted by atomic mass is 9.91. The topological polar surface area (TPSA) is 69.4 Å². The molecule has 7 rings (SSSR count). The van der Waals surface area contributed by atoms with E-state index in [0.717, 1.165) is 23.5 Å². The molecule has 2 bridgehead atoms. The Bertz CT molecular complexity index is 1600. The van der Waals surface area contributed by atoms with Crippen LogP contribution in [-0.2, 0) is 6.42 Å². The van der Waals surface area contributed by atoms with Crippen molar-refractivity contribution in [2.45, 2.75) is 36.6 Å². The van der Waals surface area contributed by atoms with Crippen LogP contribution in [0.5, 0.6) is 11.5 Å². The van der Waals surface area contributed by atoms with Gasteiger partial charge in [-0.1, -0.05) is 72.4 Å². The first-order chi connectivity index (χ1) is 19.3. The lowest BCUT2D eigenvalue weighted by Crippen LogP contribution is -2.08. The third kappa shape index (κ3) is 5.00. The largest absolute Gasteiger partial charge is 0.489 e. The van der Waals surface area contributed by atoms with Crippen molar-refractivity contribution in [1.29, 1.82) is 0 Å². The highest BCUT2D eigenvalue weighted by Crippen LogP contribution is 2.48. The van der Waals surface area contributed by atoms with Crippen molar-refractivity contribution >= 4 is 22.5 Å². The van der Waals surface area contributed by atoms with E-state index in [4.69, 9.17) is 13.9 Å². The monoisotopic (exact) mass is 535 g/mol. The quantitative estimate of drug-likeness (QED) is 0.150. The molecule has 3 heterocycles. The van der Waals surface area contributed by atoms with Crippen LogP contribution in [-0.4, -0.2) is 29.2 Å². The van der Waals surface area contributed by atoms with E-state index in [-0.39, 0.29) is 0 Å². The first kappa shape index (κ1) is 24.2. The van der Waals surface area contributed by atoms with E-state index >= 15 is 0 Å². The molecule has 2 aliphatic rings. The van der Waals surface area contributed by atoms with Crippen molar-refractivity contribution in [2.24, 2.45) is 0 Å². The Hall–Kier alpha value is -3.81. The molecule has 196 valence electrons. The molecule has 1 aromatic heterocycles. The highest BCUT2D eigenvalue weighted by atomic mass is 32.2. The van der Waals surface area contributed by atoms with E-state index in [1.165, 1.54) is 52.1 Å². The van der Waals surface area contributed by atoms with Gasteiger partial charge in [-0.2, -0.15) is 0 Å². The summed E-state index contributed by atoms with van der Waals surface area (Å²) in [7, 11) is 0. The van der Waals surface area contributed by atoms with Crippen molar-refractivity contribution in [3.05, 3.63) is 102 Å². The maximum Gasteiger partial charge on any atom is 0.276 e. The molecule has 0 amide bonds. The molecule has 0 unspecified atom stereocenters. The summed E-state index contributed by atoms with van der Waals surface area (Å²) in [6, 6.07) is 30.0. The molecule has 1 saturated heterocycles. The van der Waals surface area contributed by atoms with E-state index < -0.39 is 0 Å². The third-order valence-corrected chi connectivity index (χ3v) is 8.33. The van der Waals surface area contributed by atoms with Gasteiger partial charge in [-0.05, 0) is 64.6 Å². The average molecular weight is 536 g/mol. The van der Waals surface area contributed by atoms with Gasteiger partial charge in [0, 0.05) is 29.8 Å². The van der Waals surface area contributed by atoms with E-state index in [2.05, 4.69) is 70.1 Å². The number of nitrogens with zero attached hydrogens (tertiary/aromatic N) is 2. The number of thioether (sulfide) groups is 1. The number of aromatic nitrogens is 2. The molecule has 4 aromatic carbocycles. The fourth-order valence-electron chi connectivity index (χ4n) is 5.68. The minimum Gasteiger partial charge on any atom is -0.489 e. The zero-order valence-corrected chi connectivity index (χ0v) is 22.3. The molecular formula is C32H29N3O3S. The van der Waals surface area contributed by atoms with Crippen molar-refractivity contribution in [1.82, 2.24) is 15.5 Å². The Morgan fingerprint density at radius 2 is 1.51 bits per heavy atom. The minimum atomic E-state index is 0.418. The predicted octanol–water partition coefficient (Wildman–Crippen LogP) is 7.16. The lowest BCUT2D eigenvalue weighted by molar-refractivity contribution is 0.280. The molecule has 5 aromatic rings. The van der Waals surface area contributed by atoms with Gasteiger partial charge in [0.05, 0.1) is 13.2 Å². The summed E-state index contributed by atoms with van der Waals surface area (Å²) in [5, 5.41) is 15.1. The van der Waals surface area contributed by atoms with Crippen molar-refractivity contribution in [2.75, 3.05) is 19.0 Å². The Balaban J connectivity index is 1.02. The van der Waals surface area contributed by atoms with Gasteiger partial charge in [0.1, 0.15) is 0 Å². The highest BCUT2D eigenvalue weighted by Gasteiger charge is 2.37. The first-order valence-corrected chi connectivity index (χ1v) is 14.5. The predicted molar refractivity (Wildman–Crippen MR) is 153 cm³/mol. The van der Waals surface area contributed by atoms with Crippen molar-refractivity contribution < 1.29 is 13.9 Å². The SMILES string of the molecule is c1ccc(-c2nnc(SCCOc3cc4c(cc3OCCc3cccc5ccccc35)[C@H]3CC[C@@H]4N3)o2)cc1. The Kier molecular flexibility index (Phi) is 6.68. The number of benzene rings is 4. The molecule has 0 aliphatic carbocycles. The summed E-state index contributed by atoms with van der Waals surface area (Å²) < 4.78 is 18.5. The van der Waals surface area contributed by atoms with Crippen LogP contribution < -0.4 is 14.8 Å². The summed E-state index contributed by atoms with van der Waals surface area (Å²) >= 11 is 1.50. The van der Waals surface area contributed by atoms with Gasteiger partial charge in [-0.15, -0.1) is 10.2 Å². The highest BCUT2D eigenvalue weighted by molar-refractivity contribution is 7.99. The standard InChI is InChI=1S/C32H29N3O3S/c1-2-8-23(9-3-1)31-34-35-32(38-31)39-18-17-37-30-20-26-25(27-13-14-28(26)33-27)19-29(30)36-16-15-22-11-6-10-21-7-4-5-12-24(21)22/h1-12,19-20,27-28,33H,13-18H2/t27-,28+/m1/s1. The summed E-state index contributed by atoms with van der Waals surface area (Å²) in [6.45, 7) is 1.09. The van der Waals surface area contributed by atoms with Crippen LogP contribution >= 0.6 is 11.8 Å². The van der Waals surface area contributed by atoms with Gasteiger partial charge < -0.3 is 19.2 Å². The molecule has 6 nitrogen and oxygen atoms in total. The number of hydrogen-bond acceptors (Lipinski definition) is 7. The van der Waals surface area contributed by atoms with Crippen LogP contribution in [0.25, 0.3) is 22.2 Å². The summed E-state index contributed by atoms with van der Waals surface area (Å²) in [5.74, 6) is 2.84. The van der Waals surface area contributed by atoms with Crippen LogP contribution in [0, 0.1) is 0 Å². The number of rotatable bonds is 10. The van der Waals surface area contributed by atoms with E-state index in [1.807, 2.05) is 30.3 Å². The molecule has 0 saturated carbocycles. The van der Waals surface area contributed by atoms with Gasteiger partial charge in [0.2, 0.25) is 5.89 Å². The van der Waals surface area contributed by atoms with E-state index in [9.17, 15) is 0 Å². The third-order valence-electron chi connectivity index (χ3n) is 7.55. The van der Waals surface area contributed by atoms with Crippen LogP contribution in [0.1, 0.15) is 41.6 Å². The Morgan fingerprint density at radius 1 is 0.795 bits per heavy atom. The Labute approximate surface area is 231 Å². The number of ether oxygens (including phenoxy) is 2. The van der Waals surface area contributed by atoms with Crippen molar-refractivity contribution in [3.8, 4) is 23.0 Å². The van der Waals surface area contributed by atoms with Crippen molar-refractivity contribution in [3.63, 3.8) is 0 Å². The number of fused-ring (bicyclic) bond motifs is 6. The fourth-order valence-corrected chi connectivity index (χ4v) is 6.26. The average Bonchev–Trinajstić information content (AvgIpc) is 3.73. The maximum atomic E-state index is 6.39. The molecule has 1 fully saturated rings. The van der Waals surface area contributed by atoms with Gasteiger partial charge >= 0.3 is 0 Å². The zero-order chi connectivity index (χ0) is 26.0. The minimum absolute atomic E-state index is 0.418. The number of hydrogen-bond donors (Lipinski definition) is 1. The molecule has 0 radical (unpaired) electrons. The van der Waals surface area contributed by atoms with Crippen LogP contribution in [0.3, 0.4) is 0 Å². The lowest BCUT2D eigenvalue weighted by Gasteiger charge is -2.19. The van der Waals surface area contributed by atoms with Gasteiger partial charge in [-0.25, -0.2) is 0 Å². The molecule has 2 atom stereocenters. The smallest absolute Gasteiger partial charge is 0.276 e. The second-order valence-corrected chi connectivity index (χ2v) is 11.0. The van der Waals surface area contributed by atoms with Gasteiger partial charge in [-0.3, -0.25) is 0 Å². The van der Waals surface area contributed by atoms with Gasteiger partial charge in [0.25, 0.3) is 5.22 Å². The molecule has 2 aliphatic heterocycles. The Morgan fingerprint density at radius 3 is 2.33 bits per heavy atom. The first-order valence-electron chi connectivity index (χ1n) is 13.5. The molecule has 39 heavy (non-hydrogen) atoms. The zero-order valence-electron chi connectivity index (χ0n) is 21.5. The maximum absolute atomic E-state index is 6.39. The van der Waals surface area contributed by atoms with E-state index in [0.29, 0.717) is 42.2 Å². The molecule has 0 spiro atoms. The number of nitrogens with one attached hydrogen (secondary N) is 1.